The van der Waals surface area contributed by atoms with Crippen LogP contribution in [0.15, 0.2) is 6.20 Å². The van der Waals surface area contributed by atoms with Crippen LogP contribution in [0.2, 0.25) is 0 Å². The molecule has 11 nitrogen and oxygen atoms in total. The van der Waals surface area contributed by atoms with Gasteiger partial charge >= 0.3 is 11.5 Å². The quantitative estimate of drug-likeness (QED) is 0.556. The summed E-state index contributed by atoms with van der Waals surface area (Å²) in [5.41, 5.74) is -0.719. The zero-order chi connectivity index (χ0) is 14.4. The molecule has 2 aliphatic rings. The van der Waals surface area contributed by atoms with Crippen molar-refractivity contribution >= 4 is 17.3 Å². The molecule has 0 aromatic carbocycles. The number of nitro groups is 2. The fourth-order valence-corrected chi connectivity index (χ4v) is 2.29. The second-order valence-electron chi connectivity index (χ2n) is 4.41. The molecule has 20 heavy (non-hydrogen) atoms. The Morgan fingerprint density at radius 1 is 1.35 bits per heavy atom. The Hall–Kier alpha value is -2.40. The summed E-state index contributed by atoms with van der Waals surface area (Å²) in [4.78, 5) is 31.3. The molecule has 0 saturated carbocycles. The Morgan fingerprint density at radius 2 is 2.10 bits per heavy atom. The summed E-state index contributed by atoms with van der Waals surface area (Å²) in [6.45, 7) is 0.141. The van der Waals surface area contributed by atoms with E-state index in [2.05, 4.69) is 5.10 Å². The minimum absolute atomic E-state index is 0.00528. The van der Waals surface area contributed by atoms with Gasteiger partial charge in [-0.15, -0.1) is 0 Å². The van der Waals surface area contributed by atoms with Crippen LogP contribution in [-0.4, -0.2) is 44.4 Å². The molecule has 3 rings (SSSR count). The maximum absolute atomic E-state index is 11.6. The van der Waals surface area contributed by atoms with E-state index in [1.165, 1.54) is 0 Å². The number of nitrogens with zero attached hydrogens (tertiary/aromatic N) is 4. The van der Waals surface area contributed by atoms with Crippen molar-refractivity contribution in [1.82, 2.24) is 9.78 Å². The number of aromatic nitrogens is 2. The van der Waals surface area contributed by atoms with Gasteiger partial charge in [-0.25, -0.2) is 0 Å². The first kappa shape index (κ1) is 12.6. The van der Waals surface area contributed by atoms with E-state index in [9.17, 15) is 25.0 Å². The fraction of sp³-hybridized carbons (Fsp3) is 0.556. The van der Waals surface area contributed by atoms with Crippen molar-refractivity contribution in [3.8, 4) is 0 Å². The van der Waals surface area contributed by atoms with Gasteiger partial charge in [-0.2, -0.15) is 4.68 Å². The minimum Gasteiger partial charge on any atom is -0.358 e. The Labute approximate surface area is 110 Å². The number of rotatable bonds is 3. The van der Waals surface area contributed by atoms with Gasteiger partial charge in [0.05, 0.1) is 16.6 Å². The largest absolute Gasteiger partial charge is 0.467 e. The van der Waals surface area contributed by atoms with Gasteiger partial charge in [0.2, 0.25) is 6.29 Å². The summed E-state index contributed by atoms with van der Waals surface area (Å²) in [6, 6.07) is -0.645. The van der Waals surface area contributed by atoms with Crippen LogP contribution in [0.3, 0.4) is 0 Å². The van der Waals surface area contributed by atoms with Gasteiger partial charge in [-0.05, 0) is 4.92 Å². The molecule has 0 aliphatic carbocycles. The first-order chi connectivity index (χ1) is 9.47. The van der Waals surface area contributed by atoms with Crippen LogP contribution in [0.5, 0.6) is 0 Å². The lowest BCUT2D eigenvalue weighted by Gasteiger charge is -2.24. The lowest BCUT2D eigenvalue weighted by molar-refractivity contribution is -0.424. The van der Waals surface area contributed by atoms with Crippen LogP contribution in [-0.2, 0) is 14.3 Å². The molecule has 2 fully saturated rings. The van der Waals surface area contributed by atoms with Gasteiger partial charge in [0.25, 0.3) is 0 Å². The topological polar surface area (TPSA) is 140 Å². The summed E-state index contributed by atoms with van der Waals surface area (Å²) in [6.07, 6.45) is -0.461. The predicted octanol–water partition coefficient (Wildman–Crippen LogP) is -0.0451. The molecular weight excluding hydrogens is 276 g/mol. The maximum Gasteiger partial charge on any atom is 0.467 e. The number of hydrogen-bond donors (Lipinski definition) is 0. The molecule has 3 atom stereocenters. The number of Topliss-reactive ketones (excluding diaryl/α,β-unsaturated/α-hetero) is 1. The van der Waals surface area contributed by atoms with E-state index in [0.29, 0.717) is 0 Å². The molecule has 0 radical (unpaired) electrons. The summed E-state index contributed by atoms with van der Waals surface area (Å²) < 4.78 is 11.4. The molecule has 0 N–H and O–H groups in total. The van der Waals surface area contributed by atoms with E-state index < -0.39 is 39.8 Å². The SMILES string of the molecule is O=C1C[C@H](n2cc([N+](=O)[O-])c([N+](=O)[O-])n2)[C@H]2CO[C@@H]1O2. The van der Waals surface area contributed by atoms with Gasteiger partial charge in [0.15, 0.2) is 5.78 Å². The van der Waals surface area contributed by atoms with Crippen molar-refractivity contribution < 1.29 is 24.1 Å². The monoisotopic (exact) mass is 284 g/mol. The van der Waals surface area contributed by atoms with E-state index in [4.69, 9.17) is 9.47 Å². The number of carbonyl (C=O) groups excluding carboxylic acids is 1. The van der Waals surface area contributed by atoms with Crippen molar-refractivity contribution in [3.63, 3.8) is 0 Å². The van der Waals surface area contributed by atoms with Crippen LogP contribution >= 0.6 is 0 Å². The number of ether oxygens (including phenoxy) is 2. The van der Waals surface area contributed by atoms with E-state index in [0.717, 1.165) is 10.9 Å². The Morgan fingerprint density at radius 3 is 2.70 bits per heavy atom. The number of carbonyl (C=O) groups is 1. The molecule has 0 amide bonds. The van der Waals surface area contributed by atoms with Crippen LogP contribution in [0.1, 0.15) is 12.5 Å². The third-order valence-corrected chi connectivity index (χ3v) is 3.22. The van der Waals surface area contributed by atoms with Gasteiger partial charge in [0.1, 0.15) is 18.3 Å². The second kappa shape index (κ2) is 4.31. The predicted molar refractivity (Wildman–Crippen MR) is 58.8 cm³/mol. The number of fused-ring (bicyclic) bond motifs is 2. The van der Waals surface area contributed by atoms with Crippen molar-refractivity contribution in [2.75, 3.05) is 6.61 Å². The highest BCUT2D eigenvalue weighted by Gasteiger charge is 2.47. The molecule has 3 heterocycles. The molecule has 2 aliphatic heterocycles. The van der Waals surface area contributed by atoms with Gasteiger partial charge in [-0.3, -0.25) is 14.9 Å². The van der Waals surface area contributed by atoms with Crippen molar-refractivity contribution in [2.24, 2.45) is 0 Å². The van der Waals surface area contributed by atoms with E-state index in [-0.39, 0.29) is 18.8 Å². The lowest BCUT2D eigenvalue weighted by Crippen LogP contribution is -2.37. The molecule has 1 aromatic rings. The fourth-order valence-electron chi connectivity index (χ4n) is 2.29. The molecule has 11 heteroatoms. The Kier molecular flexibility index (Phi) is 2.72. The third kappa shape index (κ3) is 1.83. The molecular formula is C9H8N4O7. The molecule has 1 aromatic heterocycles. The Bertz CT molecular complexity index is 580. The number of ketones is 1. The highest BCUT2D eigenvalue weighted by atomic mass is 16.7. The van der Waals surface area contributed by atoms with Gasteiger partial charge < -0.3 is 19.6 Å². The summed E-state index contributed by atoms with van der Waals surface area (Å²) in [5.74, 6) is -1.17. The highest BCUT2D eigenvalue weighted by molar-refractivity contribution is 5.83. The van der Waals surface area contributed by atoms with Gasteiger partial charge in [0, 0.05) is 6.42 Å². The third-order valence-electron chi connectivity index (χ3n) is 3.22. The standard InChI is InChI=1S/C9H8N4O7/c14-6-1-4(7-3-19-9(6)20-7)11-2-5(12(15)16)8(10-11)13(17)18/h2,4,7,9H,1,3H2/t4-,7+,9+/m0/s1. The first-order valence-electron chi connectivity index (χ1n) is 5.65. The average Bonchev–Trinajstić information content (AvgIpc) is 3.00. The van der Waals surface area contributed by atoms with Crippen LogP contribution in [0.4, 0.5) is 11.5 Å². The van der Waals surface area contributed by atoms with Crippen molar-refractivity contribution in [2.45, 2.75) is 24.9 Å². The maximum atomic E-state index is 11.6. The molecule has 106 valence electrons. The summed E-state index contributed by atoms with van der Waals surface area (Å²) in [5, 5.41) is 25.1. The van der Waals surface area contributed by atoms with E-state index >= 15 is 0 Å². The zero-order valence-electron chi connectivity index (χ0n) is 9.87. The average molecular weight is 284 g/mol. The smallest absolute Gasteiger partial charge is 0.358 e. The highest BCUT2D eigenvalue weighted by Crippen LogP contribution is 2.35. The van der Waals surface area contributed by atoms with Gasteiger partial charge in [-0.1, -0.05) is 0 Å². The van der Waals surface area contributed by atoms with E-state index in [1.807, 2.05) is 0 Å². The normalized spacial score (nSPS) is 28.6. The molecule has 2 bridgehead atoms. The first-order valence-corrected chi connectivity index (χ1v) is 5.65. The summed E-state index contributed by atoms with van der Waals surface area (Å²) in [7, 11) is 0. The lowest BCUT2D eigenvalue weighted by atomic mass is 10.0. The van der Waals surface area contributed by atoms with Crippen molar-refractivity contribution in [3.05, 3.63) is 26.4 Å². The Balaban J connectivity index is 1.98. The van der Waals surface area contributed by atoms with Crippen LogP contribution in [0.25, 0.3) is 0 Å². The summed E-state index contributed by atoms with van der Waals surface area (Å²) >= 11 is 0. The molecule has 0 spiro atoms. The van der Waals surface area contributed by atoms with E-state index in [1.54, 1.807) is 0 Å². The van der Waals surface area contributed by atoms with Crippen molar-refractivity contribution in [1.29, 1.82) is 0 Å². The molecule has 2 saturated heterocycles. The second-order valence-corrected chi connectivity index (χ2v) is 4.41. The van der Waals surface area contributed by atoms with Crippen LogP contribution in [0, 0.1) is 20.2 Å². The number of hydrogen-bond acceptors (Lipinski definition) is 8. The minimum atomic E-state index is -0.936. The van der Waals surface area contributed by atoms with Crippen LogP contribution < -0.4 is 0 Å². The molecule has 0 unspecified atom stereocenters. The zero-order valence-corrected chi connectivity index (χ0v) is 9.87.